The van der Waals surface area contributed by atoms with E-state index in [1.54, 1.807) is 18.2 Å². The zero-order valence-electron chi connectivity index (χ0n) is 21.7. The van der Waals surface area contributed by atoms with Crippen molar-refractivity contribution >= 4 is 34.4 Å². The standard InChI is InChI=1S/C32H27N3O2/c1-23(36)11-12-24-7-6-10-30(19-24)35(32(37)27-8-4-3-5-9-27)22-25-13-15-26(16-14-25)28-17-18-31-29(20-28)21-33-34(31)2/h3-21H,22H2,1-2H3/b12-11+/i22D. The highest BCUT2D eigenvalue weighted by molar-refractivity contribution is 6.06. The number of hydrogen-bond donors (Lipinski definition) is 0. The molecule has 5 aromatic rings. The highest BCUT2D eigenvalue weighted by Crippen LogP contribution is 2.26. The lowest BCUT2D eigenvalue weighted by atomic mass is 10.0. The van der Waals surface area contributed by atoms with E-state index >= 15 is 0 Å². The number of aromatic nitrogens is 2. The number of ketones is 1. The zero-order valence-corrected chi connectivity index (χ0v) is 20.7. The molecular weight excluding hydrogens is 458 g/mol. The van der Waals surface area contributed by atoms with Gasteiger partial charge in [0.15, 0.2) is 5.78 Å². The molecule has 1 unspecified atom stereocenters. The lowest BCUT2D eigenvalue weighted by molar-refractivity contribution is -0.112. The van der Waals surface area contributed by atoms with E-state index in [0.717, 1.165) is 27.6 Å². The van der Waals surface area contributed by atoms with Gasteiger partial charge < -0.3 is 4.90 Å². The summed E-state index contributed by atoms with van der Waals surface area (Å²) in [6.07, 6.45) is 5.05. The first-order valence-electron chi connectivity index (χ1n) is 12.6. The van der Waals surface area contributed by atoms with Gasteiger partial charge in [0.05, 0.1) is 19.6 Å². The molecule has 1 aromatic heterocycles. The fraction of sp³-hybridized carbons (Fsp3) is 0.0938. The van der Waals surface area contributed by atoms with Gasteiger partial charge in [0.25, 0.3) is 5.91 Å². The molecule has 0 N–H and O–H groups in total. The van der Waals surface area contributed by atoms with Crippen molar-refractivity contribution in [1.29, 1.82) is 0 Å². The Hall–Kier alpha value is -4.77. The first-order chi connectivity index (χ1) is 18.4. The smallest absolute Gasteiger partial charge is 0.258 e. The second-order valence-electron chi connectivity index (χ2n) is 8.87. The maximum atomic E-state index is 13.7. The van der Waals surface area contributed by atoms with Crippen molar-refractivity contribution in [3.8, 4) is 11.1 Å². The van der Waals surface area contributed by atoms with Crippen LogP contribution in [0, 0.1) is 0 Å². The van der Waals surface area contributed by atoms with Crippen molar-refractivity contribution in [1.82, 2.24) is 9.78 Å². The summed E-state index contributed by atoms with van der Waals surface area (Å²) in [5.74, 6) is -0.335. The van der Waals surface area contributed by atoms with Gasteiger partial charge in [-0.3, -0.25) is 14.3 Å². The monoisotopic (exact) mass is 486 g/mol. The minimum Gasteiger partial charge on any atom is -0.304 e. The molecular formula is C32H27N3O2. The maximum Gasteiger partial charge on any atom is 0.258 e. The predicted molar refractivity (Wildman–Crippen MR) is 149 cm³/mol. The van der Waals surface area contributed by atoms with E-state index < -0.39 is 6.52 Å². The predicted octanol–water partition coefficient (Wildman–Crippen LogP) is 6.69. The van der Waals surface area contributed by atoms with Gasteiger partial charge in [-0.05, 0) is 71.7 Å². The fourth-order valence-electron chi connectivity index (χ4n) is 4.22. The van der Waals surface area contributed by atoms with E-state index in [-0.39, 0.29) is 11.7 Å². The van der Waals surface area contributed by atoms with Crippen molar-refractivity contribution < 1.29 is 11.0 Å². The molecule has 0 radical (unpaired) electrons. The molecule has 5 rings (SSSR count). The van der Waals surface area contributed by atoms with Gasteiger partial charge in [-0.25, -0.2) is 0 Å². The summed E-state index contributed by atoms with van der Waals surface area (Å²) in [6.45, 7) is 0.508. The van der Waals surface area contributed by atoms with Crippen LogP contribution in [0.5, 0.6) is 0 Å². The SMILES string of the molecule is [2H]C(c1ccc(-c2ccc3c(cnn3C)c2)cc1)N(C(=O)c1ccccc1)c1cccc(/C=C/C(C)=O)c1. The van der Waals surface area contributed by atoms with Crippen LogP contribution in [0.2, 0.25) is 0 Å². The van der Waals surface area contributed by atoms with Crippen LogP contribution in [0.15, 0.2) is 109 Å². The lowest BCUT2D eigenvalue weighted by Gasteiger charge is -2.24. The highest BCUT2D eigenvalue weighted by Gasteiger charge is 2.18. The number of aryl methyl sites for hydroxylation is 1. The van der Waals surface area contributed by atoms with E-state index in [4.69, 9.17) is 1.37 Å². The Kier molecular flexibility index (Phi) is 6.41. The van der Waals surface area contributed by atoms with Crippen LogP contribution < -0.4 is 4.90 Å². The molecule has 0 saturated heterocycles. The number of amides is 1. The highest BCUT2D eigenvalue weighted by atomic mass is 16.2. The first kappa shape index (κ1) is 22.7. The number of allylic oxidation sites excluding steroid dienone is 1. The first-order valence-corrected chi connectivity index (χ1v) is 12.0. The molecule has 182 valence electrons. The molecule has 37 heavy (non-hydrogen) atoms. The van der Waals surface area contributed by atoms with Crippen molar-refractivity contribution in [2.24, 2.45) is 7.05 Å². The molecule has 5 heteroatoms. The van der Waals surface area contributed by atoms with E-state index in [0.29, 0.717) is 16.8 Å². The molecule has 4 aromatic carbocycles. The van der Waals surface area contributed by atoms with E-state index in [1.807, 2.05) is 90.7 Å². The number of nitrogens with zero attached hydrogens (tertiary/aromatic N) is 3. The number of carbonyl (C=O) groups is 2. The molecule has 0 aliphatic heterocycles. The topological polar surface area (TPSA) is 55.2 Å². The van der Waals surface area contributed by atoms with Crippen LogP contribution in [0.3, 0.4) is 0 Å². The molecule has 1 amide bonds. The summed E-state index contributed by atoms with van der Waals surface area (Å²) in [4.78, 5) is 26.6. The number of anilines is 1. The van der Waals surface area contributed by atoms with Crippen LogP contribution in [0.4, 0.5) is 5.69 Å². The van der Waals surface area contributed by atoms with E-state index in [9.17, 15) is 9.59 Å². The van der Waals surface area contributed by atoms with Gasteiger partial charge in [-0.1, -0.05) is 66.7 Å². The van der Waals surface area contributed by atoms with Crippen LogP contribution in [0.25, 0.3) is 28.1 Å². The van der Waals surface area contributed by atoms with Crippen LogP contribution in [-0.2, 0) is 18.4 Å². The van der Waals surface area contributed by atoms with Gasteiger partial charge in [-0.15, -0.1) is 0 Å². The minimum absolute atomic E-state index is 0.0613. The van der Waals surface area contributed by atoms with Crippen molar-refractivity contribution in [3.05, 3.63) is 126 Å². The largest absolute Gasteiger partial charge is 0.304 e. The van der Waals surface area contributed by atoms with Gasteiger partial charge in [0.1, 0.15) is 0 Å². The minimum atomic E-state index is -0.982. The number of benzene rings is 4. The van der Waals surface area contributed by atoms with Gasteiger partial charge >= 0.3 is 0 Å². The van der Waals surface area contributed by atoms with Crippen molar-refractivity contribution in [2.75, 3.05) is 4.90 Å². The zero-order chi connectivity index (χ0) is 26.6. The molecule has 1 atom stereocenters. The van der Waals surface area contributed by atoms with Crippen molar-refractivity contribution in [3.63, 3.8) is 0 Å². The van der Waals surface area contributed by atoms with Crippen LogP contribution in [0.1, 0.15) is 29.8 Å². The molecule has 1 heterocycles. The molecule has 0 fully saturated rings. The Balaban J connectivity index is 1.50. The quantitative estimate of drug-likeness (QED) is 0.241. The molecule has 0 aliphatic rings. The molecule has 0 aliphatic carbocycles. The normalized spacial score (nSPS) is 12.4. The average molecular weight is 487 g/mol. The summed E-state index contributed by atoms with van der Waals surface area (Å²) >= 11 is 0. The van der Waals surface area contributed by atoms with Crippen LogP contribution in [-0.4, -0.2) is 21.5 Å². The summed E-state index contributed by atoms with van der Waals surface area (Å²) in [7, 11) is 1.92. The Bertz CT molecular complexity index is 1640. The van der Waals surface area contributed by atoms with E-state index in [2.05, 4.69) is 17.2 Å². The van der Waals surface area contributed by atoms with Crippen molar-refractivity contribution in [2.45, 2.75) is 13.4 Å². The molecule has 0 bridgehead atoms. The lowest BCUT2D eigenvalue weighted by Crippen LogP contribution is -2.30. The van der Waals surface area contributed by atoms with Gasteiger partial charge in [-0.2, -0.15) is 5.10 Å². The number of rotatable bonds is 7. The number of hydrogen-bond acceptors (Lipinski definition) is 3. The Morgan fingerprint density at radius 1 is 0.919 bits per heavy atom. The third-order valence-corrected chi connectivity index (χ3v) is 6.17. The summed E-state index contributed by atoms with van der Waals surface area (Å²) < 4.78 is 11.0. The number of carbonyl (C=O) groups excluding carboxylic acids is 2. The Labute approximate surface area is 217 Å². The third kappa shape index (κ3) is 5.41. The van der Waals surface area contributed by atoms with Gasteiger partial charge in [0, 0.05) is 23.7 Å². The summed E-state index contributed by atoms with van der Waals surface area (Å²) in [5, 5.41) is 5.38. The second kappa shape index (κ2) is 10.5. The van der Waals surface area contributed by atoms with Crippen LogP contribution >= 0.6 is 0 Å². The number of fused-ring (bicyclic) bond motifs is 1. The fourth-order valence-corrected chi connectivity index (χ4v) is 4.22. The summed E-state index contributed by atoms with van der Waals surface area (Å²) in [5.41, 5.74) is 5.67. The third-order valence-electron chi connectivity index (χ3n) is 6.17. The van der Waals surface area contributed by atoms with E-state index in [1.165, 1.54) is 17.9 Å². The molecule has 0 saturated carbocycles. The van der Waals surface area contributed by atoms with Gasteiger partial charge in [0.2, 0.25) is 0 Å². The summed E-state index contributed by atoms with van der Waals surface area (Å²) in [6, 6.07) is 30.2. The molecule has 0 spiro atoms. The Morgan fingerprint density at radius 2 is 1.68 bits per heavy atom. The second-order valence-corrected chi connectivity index (χ2v) is 8.87. The maximum absolute atomic E-state index is 13.7. The molecule has 5 nitrogen and oxygen atoms in total. The Morgan fingerprint density at radius 3 is 2.43 bits per heavy atom. The average Bonchev–Trinajstić information content (AvgIpc) is 3.32.